The highest BCUT2D eigenvalue weighted by Gasteiger charge is 2.29. The van der Waals surface area contributed by atoms with Crippen molar-refractivity contribution in [2.24, 2.45) is 5.41 Å². The van der Waals surface area contributed by atoms with E-state index in [2.05, 4.69) is 53.2 Å². The smallest absolute Gasteiger partial charge is 0.228 e. The summed E-state index contributed by atoms with van der Waals surface area (Å²) in [5.41, 5.74) is 3.27. The molecule has 1 aromatic heterocycles. The molecule has 0 unspecified atom stereocenters. The molecule has 4 heteroatoms. The van der Waals surface area contributed by atoms with Gasteiger partial charge in [-0.1, -0.05) is 50.6 Å². The highest BCUT2D eigenvalue weighted by atomic mass is 16.2. The molecule has 0 spiro atoms. The van der Waals surface area contributed by atoms with E-state index < -0.39 is 0 Å². The normalized spacial score (nSPS) is 15.4. The summed E-state index contributed by atoms with van der Waals surface area (Å²) in [5, 5.41) is 0. The second kappa shape index (κ2) is 6.87. The number of carbonyl (C=O) groups excluding carboxylic acids is 1. The molecule has 1 amide bonds. The molecule has 2 heterocycles. The molecule has 0 aliphatic carbocycles. The first-order valence-electron chi connectivity index (χ1n) is 8.92. The Morgan fingerprint density at radius 1 is 1.00 bits per heavy atom. The Balaban J connectivity index is 1.65. The lowest BCUT2D eigenvalue weighted by molar-refractivity contribution is -0.139. The molecule has 1 saturated heterocycles. The minimum absolute atomic E-state index is 0.231. The van der Waals surface area contributed by atoms with E-state index in [-0.39, 0.29) is 11.3 Å². The highest BCUT2D eigenvalue weighted by Crippen LogP contribution is 2.23. The molecule has 0 bridgehead atoms. The van der Waals surface area contributed by atoms with E-state index in [1.807, 2.05) is 31.9 Å². The van der Waals surface area contributed by atoms with Gasteiger partial charge in [0.1, 0.15) is 5.82 Å². The van der Waals surface area contributed by atoms with Gasteiger partial charge in [0.15, 0.2) is 0 Å². The van der Waals surface area contributed by atoms with Crippen LogP contribution >= 0.6 is 0 Å². The Kier molecular flexibility index (Phi) is 4.80. The van der Waals surface area contributed by atoms with Gasteiger partial charge in [0, 0.05) is 43.4 Å². The zero-order valence-electron chi connectivity index (χ0n) is 15.6. The van der Waals surface area contributed by atoms with Gasteiger partial charge in [-0.3, -0.25) is 4.79 Å². The third-order valence-electron chi connectivity index (χ3n) is 4.63. The Morgan fingerprint density at radius 3 is 2.28 bits per heavy atom. The number of benzene rings is 1. The first-order valence-corrected chi connectivity index (χ1v) is 8.92. The number of piperazine rings is 1. The van der Waals surface area contributed by atoms with Crippen molar-refractivity contribution in [1.29, 1.82) is 0 Å². The van der Waals surface area contributed by atoms with Crippen LogP contribution in [-0.2, 0) is 4.79 Å². The van der Waals surface area contributed by atoms with Crippen LogP contribution in [0.25, 0.3) is 11.1 Å². The Hall–Kier alpha value is -2.36. The van der Waals surface area contributed by atoms with E-state index in [0.717, 1.165) is 37.6 Å². The average molecular weight is 337 g/mol. The van der Waals surface area contributed by atoms with Gasteiger partial charge in [0.05, 0.1) is 0 Å². The number of aryl methyl sites for hydroxylation is 1. The summed E-state index contributed by atoms with van der Waals surface area (Å²) in [6.07, 6.45) is 1.94. The van der Waals surface area contributed by atoms with Crippen LogP contribution in [-0.4, -0.2) is 42.0 Å². The topological polar surface area (TPSA) is 36.4 Å². The monoisotopic (exact) mass is 337 g/mol. The largest absolute Gasteiger partial charge is 0.353 e. The minimum atomic E-state index is -0.310. The molecule has 0 saturated carbocycles. The van der Waals surface area contributed by atoms with Gasteiger partial charge in [-0.2, -0.15) is 0 Å². The quantitative estimate of drug-likeness (QED) is 0.837. The zero-order chi connectivity index (χ0) is 18.0. The maximum Gasteiger partial charge on any atom is 0.228 e. The number of amides is 1. The van der Waals surface area contributed by atoms with Crippen molar-refractivity contribution >= 4 is 11.7 Å². The van der Waals surface area contributed by atoms with Gasteiger partial charge >= 0.3 is 0 Å². The molecule has 4 nitrogen and oxygen atoms in total. The van der Waals surface area contributed by atoms with Crippen LogP contribution < -0.4 is 4.90 Å². The third-order valence-corrected chi connectivity index (χ3v) is 4.63. The molecule has 1 aromatic carbocycles. The lowest BCUT2D eigenvalue weighted by Gasteiger charge is -2.38. The third kappa shape index (κ3) is 4.01. The van der Waals surface area contributed by atoms with Crippen LogP contribution in [0.3, 0.4) is 0 Å². The van der Waals surface area contributed by atoms with Gasteiger partial charge in [-0.25, -0.2) is 4.98 Å². The second-order valence-corrected chi connectivity index (χ2v) is 7.80. The van der Waals surface area contributed by atoms with E-state index in [4.69, 9.17) is 0 Å². The number of anilines is 1. The van der Waals surface area contributed by atoms with Gasteiger partial charge < -0.3 is 9.80 Å². The van der Waals surface area contributed by atoms with E-state index >= 15 is 0 Å². The minimum Gasteiger partial charge on any atom is -0.353 e. The molecule has 1 aliphatic heterocycles. The number of hydrogen-bond donors (Lipinski definition) is 0. The number of rotatable bonds is 2. The molecular formula is C21H27N3O. The molecule has 1 fully saturated rings. The van der Waals surface area contributed by atoms with Crippen molar-refractivity contribution in [2.75, 3.05) is 31.1 Å². The molecule has 25 heavy (non-hydrogen) atoms. The maximum absolute atomic E-state index is 12.4. The fourth-order valence-corrected chi connectivity index (χ4v) is 3.18. The van der Waals surface area contributed by atoms with Crippen LogP contribution in [0.2, 0.25) is 0 Å². The number of pyridine rings is 1. The summed E-state index contributed by atoms with van der Waals surface area (Å²) in [6.45, 7) is 11.2. The van der Waals surface area contributed by atoms with Gasteiger partial charge in [0.2, 0.25) is 5.91 Å². The summed E-state index contributed by atoms with van der Waals surface area (Å²) in [5.74, 6) is 1.22. The lowest BCUT2D eigenvalue weighted by Crippen LogP contribution is -2.51. The summed E-state index contributed by atoms with van der Waals surface area (Å²) < 4.78 is 0. The highest BCUT2D eigenvalue weighted by molar-refractivity contribution is 5.81. The Bertz CT molecular complexity index is 738. The maximum atomic E-state index is 12.4. The van der Waals surface area contributed by atoms with Gasteiger partial charge in [-0.15, -0.1) is 0 Å². The molecule has 1 aliphatic rings. The zero-order valence-corrected chi connectivity index (χ0v) is 15.6. The van der Waals surface area contributed by atoms with Gasteiger partial charge in [0.25, 0.3) is 0 Å². The molecule has 0 atom stereocenters. The van der Waals surface area contributed by atoms with Crippen LogP contribution in [0, 0.1) is 12.3 Å². The summed E-state index contributed by atoms with van der Waals surface area (Å²) in [6, 6.07) is 12.7. The SMILES string of the molecule is Cc1cccc(-c2ccc(N3CCN(C(=O)C(C)(C)C)CC3)nc2)c1. The first-order chi connectivity index (χ1) is 11.8. The molecule has 0 radical (unpaired) electrons. The lowest BCUT2D eigenvalue weighted by atomic mass is 9.94. The van der Waals surface area contributed by atoms with E-state index in [0.29, 0.717) is 0 Å². The van der Waals surface area contributed by atoms with Crippen LogP contribution in [0.5, 0.6) is 0 Å². The first kappa shape index (κ1) is 17.5. The summed E-state index contributed by atoms with van der Waals surface area (Å²) >= 11 is 0. The Morgan fingerprint density at radius 2 is 1.72 bits per heavy atom. The van der Waals surface area contributed by atoms with Crippen LogP contribution in [0.1, 0.15) is 26.3 Å². The number of carbonyl (C=O) groups is 1. The van der Waals surface area contributed by atoms with Crippen molar-refractivity contribution in [3.8, 4) is 11.1 Å². The number of hydrogen-bond acceptors (Lipinski definition) is 3. The van der Waals surface area contributed by atoms with Gasteiger partial charge in [-0.05, 0) is 24.6 Å². The number of nitrogens with zero attached hydrogens (tertiary/aromatic N) is 3. The second-order valence-electron chi connectivity index (χ2n) is 7.80. The van der Waals surface area contributed by atoms with Crippen molar-refractivity contribution in [2.45, 2.75) is 27.7 Å². The molecular weight excluding hydrogens is 310 g/mol. The average Bonchev–Trinajstić information content (AvgIpc) is 2.61. The van der Waals surface area contributed by atoms with Crippen LogP contribution in [0.4, 0.5) is 5.82 Å². The summed E-state index contributed by atoms with van der Waals surface area (Å²) in [7, 11) is 0. The number of aromatic nitrogens is 1. The van der Waals surface area contributed by atoms with Crippen LogP contribution in [0.15, 0.2) is 42.6 Å². The molecule has 132 valence electrons. The van der Waals surface area contributed by atoms with Crippen molar-refractivity contribution in [1.82, 2.24) is 9.88 Å². The molecule has 3 rings (SSSR count). The van der Waals surface area contributed by atoms with E-state index in [1.54, 1.807) is 0 Å². The summed E-state index contributed by atoms with van der Waals surface area (Å²) in [4.78, 5) is 21.3. The van der Waals surface area contributed by atoms with Crippen molar-refractivity contribution in [3.05, 3.63) is 48.2 Å². The van der Waals surface area contributed by atoms with E-state index in [9.17, 15) is 4.79 Å². The predicted molar refractivity (Wildman–Crippen MR) is 103 cm³/mol. The fourth-order valence-electron chi connectivity index (χ4n) is 3.18. The van der Waals surface area contributed by atoms with E-state index in [1.165, 1.54) is 11.1 Å². The molecule has 0 N–H and O–H groups in total. The predicted octanol–water partition coefficient (Wildman–Crippen LogP) is 3.75. The molecule has 2 aromatic rings. The Labute approximate surface area is 150 Å². The van der Waals surface area contributed by atoms with Crippen molar-refractivity contribution < 1.29 is 4.79 Å². The van der Waals surface area contributed by atoms with Crippen molar-refractivity contribution in [3.63, 3.8) is 0 Å². The standard InChI is InChI=1S/C21H27N3O/c1-16-6-5-7-17(14-16)18-8-9-19(22-15-18)23-10-12-24(13-11-23)20(25)21(2,3)4/h5-9,14-15H,10-13H2,1-4H3. The fraction of sp³-hybridized carbons (Fsp3) is 0.429.